The average Bonchev–Trinajstić information content (AvgIpc) is 3.35. The lowest BCUT2D eigenvalue weighted by Crippen LogP contribution is -2.26. The molecular formula is C21H42O. The molecule has 0 aliphatic heterocycles. The lowest BCUT2D eigenvalue weighted by atomic mass is 9.92. The summed E-state index contributed by atoms with van der Waals surface area (Å²) in [5.74, 6) is 1.13. The van der Waals surface area contributed by atoms with E-state index in [1.54, 1.807) is 0 Å². The summed E-state index contributed by atoms with van der Waals surface area (Å²) in [6.07, 6.45) is 22.6. The lowest BCUT2D eigenvalue weighted by Gasteiger charge is -2.28. The van der Waals surface area contributed by atoms with E-state index in [1.807, 2.05) is 7.11 Å². The number of rotatable bonds is 16. The highest BCUT2D eigenvalue weighted by Gasteiger charge is 2.21. The van der Waals surface area contributed by atoms with E-state index in [1.165, 1.54) is 103 Å². The van der Waals surface area contributed by atoms with Crippen molar-refractivity contribution < 1.29 is 4.74 Å². The zero-order valence-electron chi connectivity index (χ0n) is 15.8. The predicted octanol–water partition coefficient (Wildman–Crippen LogP) is 7.28. The monoisotopic (exact) mass is 310 g/mol. The second-order valence-electron chi connectivity index (χ2n) is 7.92. The van der Waals surface area contributed by atoms with Crippen LogP contribution in [0, 0.1) is 5.92 Å². The van der Waals surface area contributed by atoms with Crippen LogP contribution in [0.15, 0.2) is 0 Å². The van der Waals surface area contributed by atoms with Gasteiger partial charge in [0.1, 0.15) is 0 Å². The van der Waals surface area contributed by atoms with Gasteiger partial charge < -0.3 is 4.74 Å². The van der Waals surface area contributed by atoms with Crippen molar-refractivity contribution in [2.75, 3.05) is 7.11 Å². The molecule has 1 nitrogen and oxygen atoms in total. The fourth-order valence-electron chi connectivity index (χ4n) is 3.46. The van der Waals surface area contributed by atoms with Crippen LogP contribution in [0.1, 0.15) is 117 Å². The van der Waals surface area contributed by atoms with Crippen LogP contribution in [0.5, 0.6) is 0 Å². The Hall–Kier alpha value is -0.0400. The molecule has 0 aromatic carbocycles. The molecule has 1 unspecified atom stereocenters. The van der Waals surface area contributed by atoms with Crippen molar-refractivity contribution in [3.8, 4) is 0 Å². The van der Waals surface area contributed by atoms with Crippen molar-refractivity contribution in [3.63, 3.8) is 0 Å². The van der Waals surface area contributed by atoms with Crippen LogP contribution < -0.4 is 0 Å². The van der Waals surface area contributed by atoms with Crippen molar-refractivity contribution in [3.05, 3.63) is 0 Å². The van der Waals surface area contributed by atoms with Crippen LogP contribution >= 0.6 is 0 Å². The largest absolute Gasteiger partial charge is 0.379 e. The van der Waals surface area contributed by atoms with E-state index in [-0.39, 0.29) is 5.60 Å². The van der Waals surface area contributed by atoms with Crippen LogP contribution in [-0.2, 0) is 4.74 Å². The minimum Gasteiger partial charge on any atom is -0.379 e. The van der Waals surface area contributed by atoms with Crippen molar-refractivity contribution >= 4 is 0 Å². The van der Waals surface area contributed by atoms with Crippen LogP contribution in [-0.4, -0.2) is 12.7 Å². The van der Waals surface area contributed by atoms with E-state index in [0.29, 0.717) is 0 Å². The first-order chi connectivity index (χ1) is 10.7. The highest BCUT2D eigenvalue weighted by molar-refractivity contribution is 4.74. The van der Waals surface area contributed by atoms with Crippen molar-refractivity contribution in [1.29, 1.82) is 0 Å². The van der Waals surface area contributed by atoms with Gasteiger partial charge in [-0.25, -0.2) is 0 Å². The van der Waals surface area contributed by atoms with Crippen molar-refractivity contribution in [2.24, 2.45) is 5.92 Å². The Morgan fingerprint density at radius 2 is 1.27 bits per heavy atom. The van der Waals surface area contributed by atoms with Gasteiger partial charge in [0.2, 0.25) is 0 Å². The summed E-state index contributed by atoms with van der Waals surface area (Å²) >= 11 is 0. The Morgan fingerprint density at radius 3 is 1.77 bits per heavy atom. The summed E-state index contributed by atoms with van der Waals surface area (Å²) < 4.78 is 5.74. The maximum absolute atomic E-state index is 5.74. The molecule has 0 aromatic rings. The van der Waals surface area contributed by atoms with Gasteiger partial charge in [-0.15, -0.1) is 0 Å². The maximum atomic E-state index is 5.74. The Labute approximate surface area is 140 Å². The Balaban J connectivity index is 1.81. The fraction of sp³-hybridized carbons (Fsp3) is 1.00. The standard InChI is InChI=1S/C21H42O/c1-4-5-18-21(2,22-3)19-14-12-10-8-6-7-9-11-13-15-20-16-17-20/h20H,4-19H2,1-3H3. The number of hydrogen-bond acceptors (Lipinski definition) is 1. The first-order valence-corrected chi connectivity index (χ1v) is 10.3. The lowest BCUT2D eigenvalue weighted by molar-refractivity contribution is -0.0117. The summed E-state index contributed by atoms with van der Waals surface area (Å²) in [4.78, 5) is 0. The van der Waals surface area contributed by atoms with E-state index in [2.05, 4.69) is 13.8 Å². The molecule has 0 bridgehead atoms. The minimum atomic E-state index is 0.136. The molecule has 1 fully saturated rings. The van der Waals surface area contributed by atoms with E-state index in [0.717, 1.165) is 5.92 Å². The van der Waals surface area contributed by atoms with Crippen molar-refractivity contribution in [2.45, 2.75) is 122 Å². The van der Waals surface area contributed by atoms with E-state index < -0.39 is 0 Å². The molecule has 0 spiro atoms. The molecule has 1 atom stereocenters. The summed E-state index contributed by atoms with van der Waals surface area (Å²) in [5, 5.41) is 0. The van der Waals surface area contributed by atoms with Gasteiger partial charge in [0.05, 0.1) is 5.60 Å². The number of methoxy groups -OCH3 is 1. The topological polar surface area (TPSA) is 9.23 Å². The highest BCUT2D eigenvalue weighted by Crippen LogP contribution is 2.34. The summed E-state index contributed by atoms with van der Waals surface area (Å²) in [7, 11) is 1.89. The predicted molar refractivity (Wildman–Crippen MR) is 98.5 cm³/mol. The van der Waals surface area contributed by atoms with Gasteiger partial charge in [-0.05, 0) is 25.7 Å². The Kier molecular flexibility index (Phi) is 11.3. The molecule has 1 saturated carbocycles. The number of ether oxygens (including phenoxy) is 1. The summed E-state index contributed by atoms with van der Waals surface area (Å²) in [5.41, 5.74) is 0.136. The molecule has 1 rings (SSSR count). The van der Waals surface area contributed by atoms with Crippen LogP contribution in [0.2, 0.25) is 0 Å². The van der Waals surface area contributed by atoms with Crippen LogP contribution in [0.25, 0.3) is 0 Å². The molecule has 0 heterocycles. The second-order valence-corrected chi connectivity index (χ2v) is 7.92. The van der Waals surface area contributed by atoms with Gasteiger partial charge in [0.25, 0.3) is 0 Å². The first kappa shape index (κ1) is 20.0. The van der Waals surface area contributed by atoms with E-state index in [4.69, 9.17) is 4.74 Å². The van der Waals surface area contributed by atoms with Gasteiger partial charge in [0.15, 0.2) is 0 Å². The summed E-state index contributed by atoms with van der Waals surface area (Å²) in [6.45, 7) is 4.56. The molecule has 0 saturated heterocycles. The molecule has 0 N–H and O–H groups in total. The Bertz CT molecular complexity index is 246. The smallest absolute Gasteiger partial charge is 0.0650 e. The van der Waals surface area contributed by atoms with Crippen LogP contribution in [0.3, 0.4) is 0 Å². The zero-order valence-corrected chi connectivity index (χ0v) is 15.8. The number of hydrogen-bond donors (Lipinski definition) is 0. The third-order valence-corrected chi connectivity index (χ3v) is 5.57. The third-order valence-electron chi connectivity index (χ3n) is 5.57. The molecule has 1 aliphatic rings. The molecule has 132 valence electrons. The van der Waals surface area contributed by atoms with Gasteiger partial charge >= 0.3 is 0 Å². The maximum Gasteiger partial charge on any atom is 0.0650 e. The molecule has 1 aliphatic carbocycles. The molecule has 22 heavy (non-hydrogen) atoms. The number of unbranched alkanes of at least 4 members (excludes halogenated alkanes) is 9. The molecule has 0 aromatic heterocycles. The zero-order chi connectivity index (χ0) is 16.1. The van der Waals surface area contributed by atoms with Crippen molar-refractivity contribution in [1.82, 2.24) is 0 Å². The van der Waals surface area contributed by atoms with E-state index >= 15 is 0 Å². The van der Waals surface area contributed by atoms with Gasteiger partial charge in [-0.1, -0.05) is 96.8 Å². The molecule has 0 radical (unpaired) electrons. The SMILES string of the molecule is CCCCC(C)(CCCCCCCCCCCC1CC1)OC. The second kappa shape index (κ2) is 12.4. The molecule has 0 amide bonds. The highest BCUT2D eigenvalue weighted by atomic mass is 16.5. The molecule has 1 heteroatoms. The van der Waals surface area contributed by atoms with E-state index in [9.17, 15) is 0 Å². The minimum absolute atomic E-state index is 0.136. The van der Waals surface area contributed by atoms with Gasteiger partial charge in [-0.3, -0.25) is 0 Å². The van der Waals surface area contributed by atoms with Gasteiger partial charge in [-0.2, -0.15) is 0 Å². The molecular weight excluding hydrogens is 268 g/mol. The van der Waals surface area contributed by atoms with Crippen LogP contribution in [0.4, 0.5) is 0 Å². The van der Waals surface area contributed by atoms with Gasteiger partial charge in [0, 0.05) is 7.11 Å². The normalized spacial score (nSPS) is 17.6. The Morgan fingerprint density at radius 1 is 0.773 bits per heavy atom. The average molecular weight is 311 g/mol. The fourth-order valence-corrected chi connectivity index (χ4v) is 3.46. The summed E-state index contributed by atoms with van der Waals surface area (Å²) in [6, 6.07) is 0. The first-order valence-electron chi connectivity index (χ1n) is 10.3. The third kappa shape index (κ3) is 10.6. The quantitative estimate of drug-likeness (QED) is 0.272.